The highest BCUT2D eigenvalue weighted by atomic mass is 35.5. The molecular weight excluding hydrogens is 470 g/mol. The van der Waals surface area contributed by atoms with Gasteiger partial charge in [0.1, 0.15) is 23.6 Å². The second-order valence-corrected chi connectivity index (χ2v) is 9.77. The zero-order chi connectivity index (χ0) is 25.8. The van der Waals surface area contributed by atoms with Crippen molar-refractivity contribution in [3.05, 3.63) is 28.8 Å². The third-order valence-corrected chi connectivity index (χ3v) is 4.51. The predicted octanol–water partition coefficient (Wildman–Crippen LogP) is 4.05. The number of methoxy groups -OCH3 is 1. The number of ether oxygens (including phenoxy) is 4. The van der Waals surface area contributed by atoms with Crippen LogP contribution in [0, 0.1) is 0 Å². The number of hydrogen-bond donors (Lipinski definition) is 1. The number of benzene rings is 1. The Hall–Kier alpha value is -3.21. The van der Waals surface area contributed by atoms with Crippen LogP contribution in [-0.2, 0) is 19.0 Å². The molecule has 1 aromatic rings. The Morgan fingerprint density at radius 3 is 2.21 bits per heavy atom. The van der Waals surface area contributed by atoms with Gasteiger partial charge < -0.3 is 18.9 Å². The lowest BCUT2D eigenvalue weighted by Gasteiger charge is -2.34. The molecule has 0 aromatic heterocycles. The average molecular weight is 500 g/mol. The van der Waals surface area contributed by atoms with Crippen LogP contribution in [0.3, 0.4) is 0 Å². The molecule has 11 nitrogen and oxygen atoms in total. The highest BCUT2D eigenvalue weighted by molar-refractivity contribution is 6.32. The maximum atomic E-state index is 13.5. The van der Waals surface area contributed by atoms with Gasteiger partial charge in [0.15, 0.2) is 6.04 Å². The van der Waals surface area contributed by atoms with Gasteiger partial charge in [-0.3, -0.25) is 4.79 Å². The Morgan fingerprint density at radius 1 is 1.12 bits per heavy atom. The number of cyclic esters (lactones) is 1. The van der Waals surface area contributed by atoms with Crippen molar-refractivity contribution in [2.75, 3.05) is 20.3 Å². The maximum absolute atomic E-state index is 13.5. The van der Waals surface area contributed by atoms with E-state index in [4.69, 9.17) is 30.5 Å². The van der Waals surface area contributed by atoms with Gasteiger partial charge in [0.25, 0.3) is 5.91 Å². The minimum absolute atomic E-state index is 0.00735. The minimum Gasteiger partial charge on any atom is -0.495 e. The first-order chi connectivity index (χ1) is 15.6. The van der Waals surface area contributed by atoms with Crippen LogP contribution in [0.25, 0.3) is 0 Å². The summed E-state index contributed by atoms with van der Waals surface area (Å²) in [6, 6.07) is 2.80. The van der Waals surface area contributed by atoms with Crippen LogP contribution in [0.15, 0.2) is 18.2 Å². The quantitative estimate of drug-likeness (QED) is 0.486. The number of carbonyl (C=O) groups is 4. The van der Waals surface area contributed by atoms with Crippen LogP contribution in [0.4, 0.5) is 14.4 Å². The fourth-order valence-corrected chi connectivity index (χ4v) is 3.19. The van der Waals surface area contributed by atoms with Gasteiger partial charge in [-0.25, -0.2) is 24.7 Å². The standard InChI is InChI=1S/C22H30ClN3O8/c1-21(2,3)33-18(28)24-26(20(30)34-22(4,5)6)16(17(27)25-10-11-32-19(25)29)13-8-9-15(31-7)14(23)12-13/h8-9,12,16H,10-11H2,1-7H3,(H,24,28)/t16-/m0/s1. The van der Waals surface area contributed by atoms with Crippen molar-refractivity contribution >= 4 is 35.8 Å². The van der Waals surface area contributed by atoms with E-state index in [1.54, 1.807) is 41.5 Å². The van der Waals surface area contributed by atoms with Gasteiger partial charge in [-0.05, 0) is 59.2 Å². The fraction of sp³-hybridized carbons (Fsp3) is 0.545. The largest absolute Gasteiger partial charge is 0.495 e. The summed E-state index contributed by atoms with van der Waals surface area (Å²) in [6.07, 6.45) is -2.95. The molecule has 1 atom stereocenters. The van der Waals surface area contributed by atoms with Gasteiger partial charge in [0.05, 0.1) is 18.7 Å². The first kappa shape index (κ1) is 27.0. The number of halogens is 1. The lowest BCUT2D eigenvalue weighted by atomic mass is 10.0. The number of carbonyl (C=O) groups excluding carboxylic acids is 4. The molecule has 12 heteroatoms. The Bertz CT molecular complexity index is 954. The molecule has 1 aliphatic rings. The molecule has 2 rings (SSSR count). The zero-order valence-corrected chi connectivity index (χ0v) is 21.0. The summed E-state index contributed by atoms with van der Waals surface area (Å²) in [7, 11) is 1.42. The molecule has 34 heavy (non-hydrogen) atoms. The first-order valence-electron chi connectivity index (χ1n) is 10.5. The minimum atomic E-state index is -1.54. The van der Waals surface area contributed by atoms with E-state index in [-0.39, 0.29) is 23.7 Å². The van der Waals surface area contributed by atoms with Crippen molar-refractivity contribution in [2.24, 2.45) is 0 Å². The van der Waals surface area contributed by atoms with Crippen molar-refractivity contribution in [1.82, 2.24) is 15.3 Å². The van der Waals surface area contributed by atoms with Crippen LogP contribution < -0.4 is 10.2 Å². The summed E-state index contributed by atoms with van der Waals surface area (Å²) in [5, 5.41) is 0.814. The Labute approximate surface area is 203 Å². The van der Waals surface area contributed by atoms with Crippen molar-refractivity contribution in [3.63, 3.8) is 0 Å². The van der Waals surface area contributed by atoms with Crippen LogP contribution >= 0.6 is 11.6 Å². The lowest BCUT2D eigenvalue weighted by Crippen LogP contribution is -2.55. The molecule has 1 heterocycles. The average Bonchev–Trinajstić information content (AvgIpc) is 3.10. The number of nitrogens with zero attached hydrogens (tertiary/aromatic N) is 2. The van der Waals surface area contributed by atoms with Gasteiger partial charge in [0, 0.05) is 0 Å². The number of nitrogens with one attached hydrogen (secondary N) is 1. The van der Waals surface area contributed by atoms with Gasteiger partial charge >= 0.3 is 18.3 Å². The van der Waals surface area contributed by atoms with E-state index in [1.807, 2.05) is 0 Å². The summed E-state index contributed by atoms with van der Waals surface area (Å²) >= 11 is 6.26. The number of hydrogen-bond acceptors (Lipinski definition) is 8. The molecule has 1 aromatic carbocycles. The second-order valence-electron chi connectivity index (χ2n) is 9.36. The normalized spacial score (nSPS) is 14.7. The van der Waals surface area contributed by atoms with Crippen molar-refractivity contribution in [3.8, 4) is 5.75 Å². The Kier molecular flexibility index (Phi) is 8.25. The first-order valence-corrected chi connectivity index (χ1v) is 10.8. The molecule has 0 unspecified atom stereocenters. The molecule has 188 valence electrons. The summed E-state index contributed by atoms with van der Waals surface area (Å²) < 4.78 is 20.7. The van der Waals surface area contributed by atoms with Gasteiger partial charge in [-0.1, -0.05) is 17.7 Å². The lowest BCUT2D eigenvalue weighted by molar-refractivity contribution is -0.134. The number of imide groups is 1. The van der Waals surface area contributed by atoms with E-state index in [9.17, 15) is 19.2 Å². The van der Waals surface area contributed by atoms with Crippen molar-refractivity contribution < 1.29 is 38.1 Å². The molecule has 1 aliphatic heterocycles. The molecular formula is C22H30ClN3O8. The van der Waals surface area contributed by atoms with Gasteiger partial charge in [-0.2, -0.15) is 5.01 Å². The molecule has 1 N–H and O–H groups in total. The topological polar surface area (TPSA) is 124 Å². The van der Waals surface area contributed by atoms with Crippen molar-refractivity contribution in [1.29, 1.82) is 0 Å². The smallest absolute Gasteiger partial charge is 0.430 e. The van der Waals surface area contributed by atoms with E-state index in [2.05, 4.69) is 5.43 Å². The summed E-state index contributed by atoms with van der Waals surface area (Å²) in [5.74, 6) is -0.522. The molecule has 0 bridgehead atoms. The molecule has 0 spiro atoms. The van der Waals surface area contributed by atoms with Gasteiger partial charge in [-0.15, -0.1) is 0 Å². The Morgan fingerprint density at radius 2 is 1.74 bits per heavy atom. The second kappa shape index (κ2) is 10.4. The van der Waals surface area contributed by atoms with Crippen LogP contribution in [-0.4, -0.2) is 65.6 Å². The van der Waals surface area contributed by atoms with Crippen LogP contribution in [0.5, 0.6) is 5.75 Å². The summed E-state index contributed by atoms with van der Waals surface area (Å²) in [5.41, 5.74) is 0.597. The summed E-state index contributed by atoms with van der Waals surface area (Å²) in [6.45, 7) is 9.73. The molecule has 4 amide bonds. The monoisotopic (exact) mass is 499 g/mol. The Balaban J connectivity index is 2.59. The van der Waals surface area contributed by atoms with Crippen LogP contribution in [0.1, 0.15) is 53.1 Å². The van der Waals surface area contributed by atoms with E-state index < -0.39 is 41.4 Å². The highest BCUT2D eigenvalue weighted by Gasteiger charge is 2.42. The fourth-order valence-electron chi connectivity index (χ4n) is 2.92. The molecule has 0 saturated carbocycles. The maximum Gasteiger partial charge on any atom is 0.430 e. The molecule has 1 fully saturated rings. The number of rotatable bonds is 4. The molecule has 0 aliphatic carbocycles. The van der Waals surface area contributed by atoms with E-state index in [0.717, 1.165) is 4.90 Å². The van der Waals surface area contributed by atoms with E-state index in [0.29, 0.717) is 10.8 Å². The number of hydrazine groups is 1. The third kappa shape index (κ3) is 7.14. The van der Waals surface area contributed by atoms with Gasteiger partial charge in [0.2, 0.25) is 0 Å². The summed E-state index contributed by atoms with van der Waals surface area (Å²) in [4.78, 5) is 52.3. The molecule has 0 radical (unpaired) electrons. The van der Waals surface area contributed by atoms with E-state index >= 15 is 0 Å². The van der Waals surface area contributed by atoms with E-state index in [1.165, 1.54) is 25.3 Å². The third-order valence-electron chi connectivity index (χ3n) is 4.21. The van der Waals surface area contributed by atoms with Crippen molar-refractivity contribution in [2.45, 2.75) is 58.8 Å². The molecule has 1 saturated heterocycles. The predicted molar refractivity (Wildman–Crippen MR) is 121 cm³/mol. The van der Waals surface area contributed by atoms with Crippen LogP contribution in [0.2, 0.25) is 5.02 Å². The zero-order valence-electron chi connectivity index (χ0n) is 20.3. The number of amides is 4. The highest BCUT2D eigenvalue weighted by Crippen LogP contribution is 2.32. The SMILES string of the molecule is COc1ccc([C@@H](C(=O)N2CCOC2=O)N(NC(=O)OC(C)(C)C)C(=O)OC(C)(C)C)cc1Cl.